The van der Waals surface area contributed by atoms with E-state index in [0.717, 1.165) is 0 Å². The maximum Gasteiger partial charge on any atom is 0.411 e. The van der Waals surface area contributed by atoms with Crippen LogP contribution in [0.1, 0.15) is 25.0 Å². The molecule has 0 amide bonds. The lowest BCUT2D eigenvalue weighted by atomic mass is 10.1. The molecule has 0 saturated carbocycles. The van der Waals surface area contributed by atoms with Gasteiger partial charge in [0.1, 0.15) is 12.4 Å². The largest absolute Gasteiger partial charge is 0.467 e. The molecule has 0 bridgehead atoms. The van der Waals surface area contributed by atoms with Crippen molar-refractivity contribution >= 4 is 0 Å². The molecule has 0 aliphatic heterocycles. The Labute approximate surface area is 103 Å². The van der Waals surface area contributed by atoms with E-state index >= 15 is 0 Å². The van der Waals surface area contributed by atoms with Crippen LogP contribution in [0.3, 0.4) is 0 Å². The van der Waals surface area contributed by atoms with Crippen molar-refractivity contribution in [1.82, 2.24) is 0 Å². The first-order valence-electron chi connectivity index (χ1n) is 5.48. The van der Waals surface area contributed by atoms with Crippen LogP contribution < -0.4 is 4.74 Å². The second kappa shape index (κ2) is 6.61. The first kappa shape index (κ1) is 14.8. The molecular weight excluding hydrogens is 249 g/mol. The number of aliphatic hydroxyl groups excluding tert-OH is 1. The summed E-state index contributed by atoms with van der Waals surface area (Å²) in [5.74, 6) is 0.328. The number of hydrogen-bond donors (Lipinski definition) is 1. The van der Waals surface area contributed by atoms with Crippen LogP contribution in [0.5, 0.6) is 5.75 Å². The molecule has 0 aromatic heterocycles. The van der Waals surface area contributed by atoms with Crippen molar-refractivity contribution in [3.05, 3.63) is 29.8 Å². The summed E-state index contributed by atoms with van der Waals surface area (Å²) in [6, 6.07) is 6.63. The molecule has 3 nitrogen and oxygen atoms in total. The molecule has 0 radical (unpaired) electrons. The van der Waals surface area contributed by atoms with E-state index in [-0.39, 0.29) is 0 Å². The molecule has 1 aromatic carbocycles. The molecule has 1 atom stereocenters. The Morgan fingerprint density at radius 2 is 1.94 bits per heavy atom. The Morgan fingerprint density at radius 1 is 1.28 bits per heavy atom. The third-order valence-electron chi connectivity index (χ3n) is 2.23. The highest BCUT2D eigenvalue weighted by Gasteiger charge is 2.27. The highest BCUT2D eigenvalue weighted by Crippen LogP contribution is 2.26. The molecular formula is C12H15F3O3. The Kier molecular flexibility index (Phi) is 5.43. The van der Waals surface area contributed by atoms with Crippen molar-refractivity contribution in [2.24, 2.45) is 0 Å². The van der Waals surface area contributed by atoms with E-state index in [1.807, 2.05) is 0 Å². The van der Waals surface area contributed by atoms with Crippen LogP contribution in [-0.2, 0) is 4.74 Å². The summed E-state index contributed by atoms with van der Waals surface area (Å²) in [7, 11) is 0. The molecule has 1 aromatic rings. The number of alkyl halides is 3. The predicted octanol–water partition coefficient (Wildman–Crippen LogP) is 3.05. The monoisotopic (exact) mass is 264 g/mol. The van der Waals surface area contributed by atoms with E-state index in [4.69, 9.17) is 4.74 Å². The Hall–Kier alpha value is -1.27. The van der Waals surface area contributed by atoms with Crippen molar-refractivity contribution < 1.29 is 27.8 Å². The van der Waals surface area contributed by atoms with Crippen molar-refractivity contribution in [1.29, 1.82) is 0 Å². The fraction of sp³-hybridized carbons (Fsp3) is 0.500. The van der Waals surface area contributed by atoms with Crippen LogP contribution in [-0.4, -0.2) is 24.7 Å². The van der Waals surface area contributed by atoms with Gasteiger partial charge in [-0.2, -0.15) is 13.2 Å². The predicted molar refractivity (Wildman–Crippen MR) is 59.2 cm³/mol. The maximum absolute atomic E-state index is 11.8. The van der Waals surface area contributed by atoms with Gasteiger partial charge in [-0.3, -0.25) is 0 Å². The molecule has 0 aliphatic carbocycles. The summed E-state index contributed by atoms with van der Waals surface area (Å²) >= 11 is 0. The molecule has 1 N–H and O–H groups in total. The fourth-order valence-electron chi connectivity index (χ4n) is 1.37. The molecule has 0 unspecified atom stereocenters. The minimum absolute atomic E-state index is 0.328. The zero-order valence-corrected chi connectivity index (χ0v) is 9.91. The normalized spacial score (nSPS) is 13.4. The Balaban J connectivity index is 2.52. The van der Waals surface area contributed by atoms with Gasteiger partial charge in [0, 0.05) is 5.56 Å². The highest BCUT2D eigenvalue weighted by atomic mass is 19.4. The summed E-state index contributed by atoms with van der Waals surface area (Å²) < 4.78 is 44.9. The van der Waals surface area contributed by atoms with Crippen molar-refractivity contribution in [3.63, 3.8) is 0 Å². The second-order valence-corrected chi connectivity index (χ2v) is 3.69. The number of benzene rings is 1. The quantitative estimate of drug-likeness (QED) is 0.634. The molecule has 0 fully saturated rings. The molecule has 18 heavy (non-hydrogen) atoms. The average molecular weight is 264 g/mol. The van der Waals surface area contributed by atoms with E-state index in [9.17, 15) is 18.3 Å². The van der Waals surface area contributed by atoms with Gasteiger partial charge in [-0.25, -0.2) is 0 Å². The van der Waals surface area contributed by atoms with E-state index in [1.165, 1.54) is 0 Å². The molecule has 1 rings (SSSR count). The summed E-state index contributed by atoms with van der Waals surface area (Å²) in [5, 5.41) is 9.70. The summed E-state index contributed by atoms with van der Waals surface area (Å²) in [4.78, 5) is 0. The van der Waals surface area contributed by atoms with Gasteiger partial charge in [-0.15, -0.1) is 0 Å². The summed E-state index contributed by atoms with van der Waals surface area (Å²) in [6.45, 7) is -0.0694. The maximum atomic E-state index is 11.8. The first-order valence-corrected chi connectivity index (χ1v) is 5.48. The van der Waals surface area contributed by atoms with Gasteiger partial charge in [0.25, 0.3) is 0 Å². The standard InChI is InChI=1S/C12H15F3O3/c1-2-10(16)9-5-3-4-6-11(9)18-8-17-7-12(13,14)15/h3-6,10,16H,2,7-8H2,1H3/t10-/m1/s1. The zero-order valence-electron chi connectivity index (χ0n) is 9.91. The molecule has 102 valence electrons. The van der Waals surface area contributed by atoms with Crippen LogP contribution in [0.25, 0.3) is 0 Å². The van der Waals surface area contributed by atoms with Gasteiger partial charge in [0.05, 0.1) is 6.10 Å². The summed E-state index contributed by atoms with van der Waals surface area (Å²) in [6.07, 6.45) is -4.58. The minimum Gasteiger partial charge on any atom is -0.467 e. The lowest BCUT2D eigenvalue weighted by Gasteiger charge is -2.15. The van der Waals surface area contributed by atoms with E-state index in [0.29, 0.717) is 17.7 Å². The van der Waals surface area contributed by atoms with Crippen LogP contribution in [0, 0.1) is 0 Å². The van der Waals surface area contributed by atoms with Crippen LogP contribution >= 0.6 is 0 Å². The number of rotatable bonds is 6. The minimum atomic E-state index is -4.37. The fourth-order valence-corrected chi connectivity index (χ4v) is 1.37. The molecule has 6 heteroatoms. The van der Waals surface area contributed by atoms with E-state index in [2.05, 4.69) is 4.74 Å². The number of ether oxygens (including phenoxy) is 2. The third kappa shape index (κ3) is 4.93. The van der Waals surface area contributed by atoms with Gasteiger partial charge in [-0.05, 0) is 12.5 Å². The van der Waals surface area contributed by atoms with Gasteiger partial charge < -0.3 is 14.6 Å². The van der Waals surface area contributed by atoms with E-state index in [1.54, 1.807) is 31.2 Å². The molecule has 0 aliphatic rings. The smallest absolute Gasteiger partial charge is 0.411 e. The SMILES string of the molecule is CC[C@@H](O)c1ccccc1OCOCC(F)(F)F. The van der Waals surface area contributed by atoms with Gasteiger partial charge >= 0.3 is 6.18 Å². The Bertz CT molecular complexity index is 366. The van der Waals surface area contributed by atoms with Gasteiger partial charge in [0.2, 0.25) is 0 Å². The van der Waals surface area contributed by atoms with Gasteiger partial charge in [0.15, 0.2) is 6.79 Å². The highest BCUT2D eigenvalue weighted by molar-refractivity contribution is 5.34. The number of halogens is 3. The van der Waals surface area contributed by atoms with Crippen molar-refractivity contribution in [2.75, 3.05) is 13.4 Å². The molecule has 0 spiro atoms. The van der Waals surface area contributed by atoms with Gasteiger partial charge in [-0.1, -0.05) is 25.1 Å². The molecule has 0 heterocycles. The average Bonchev–Trinajstić information content (AvgIpc) is 2.33. The first-order chi connectivity index (χ1) is 8.44. The lowest BCUT2D eigenvalue weighted by Crippen LogP contribution is -2.19. The van der Waals surface area contributed by atoms with Crippen molar-refractivity contribution in [2.45, 2.75) is 25.6 Å². The van der Waals surface area contributed by atoms with E-state index < -0.39 is 25.7 Å². The third-order valence-corrected chi connectivity index (χ3v) is 2.23. The molecule has 0 saturated heterocycles. The summed E-state index contributed by atoms with van der Waals surface area (Å²) in [5.41, 5.74) is 0.538. The van der Waals surface area contributed by atoms with Crippen LogP contribution in [0.4, 0.5) is 13.2 Å². The number of aliphatic hydroxyl groups is 1. The van der Waals surface area contributed by atoms with Crippen molar-refractivity contribution in [3.8, 4) is 5.75 Å². The topological polar surface area (TPSA) is 38.7 Å². The number of hydrogen-bond acceptors (Lipinski definition) is 3. The van der Waals surface area contributed by atoms with Crippen LogP contribution in [0.15, 0.2) is 24.3 Å². The van der Waals surface area contributed by atoms with Crippen LogP contribution in [0.2, 0.25) is 0 Å². The zero-order chi connectivity index (χ0) is 13.6. The Morgan fingerprint density at radius 3 is 2.56 bits per heavy atom. The number of para-hydroxylation sites is 1. The lowest BCUT2D eigenvalue weighted by molar-refractivity contribution is -0.186. The second-order valence-electron chi connectivity index (χ2n) is 3.69.